The molecule has 0 heterocycles. The zero-order chi connectivity index (χ0) is 19.9. The monoisotopic (exact) mass is 390 g/mol. The van der Waals surface area contributed by atoms with E-state index in [-0.39, 0.29) is 17.0 Å². The standard InChI is InChI=1S/C18H18N2O6S/c1-27(24,25)15-9-7-14(8-10-15)17(22)26-12-16(21)20-18(23)19-11-13-5-3-2-4-6-13/h2-10H,11-12H2,1H3,(H2,19,20,21,23). The van der Waals surface area contributed by atoms with Crippen LogP contribution < -0.4 is 10.6 Å². The van der Waals surface area contributed by atoms with E-state index in [0.717, 1.165) is 11.8 Å². The van der Waals surface area contributed by atoms with Crippen molar-refractivity contribution in [3.8, 4) is 0 Å². The van der Waals surface area contributed by atoms with E-state index in [9.17, 15) is 22.8 Å². The van der Waals surface area contributed by atoms with Crippen molar-refractivity contribution in [1.29, 1.82) is 0 Å². The Hall–Kier alpha value is -3.20. The van der Waals surface area contributed by atoms with Crippen LogP contribution in [0.15, 0.2) is 59.5 Å². The number of carbonyl (C=O) groups excluding carboxylic acids is 3. The molecule has 2 aromatic rings. The molecule has 2 aromatic carbocycles. The van der Waals surface area contributed by atoms with Gasteiger partial charge in [0, 0.05) is 12.8 Å². The van der Waals surface area contributed by atoms with Crippen LogP contribution in [0.2, 0.25) is 0 Å². The fourth-order valence-corrected chi connectivity index (χ4v) is 2.67. The molecule has 0 bridgehead atoms. The number of urea groups is 1. The molecule has 3 amide bonds. The van der Waals surface area contributed by atoms with Gasteiger partial charge in [-0.25, -0.2) is 18.0 Å². The molecule has 0 radical (unpaired) electrons. The normalized spacial score (nSPS) is 10.7. The summed E-state index contributed by atoms with van der Waals surface area (Å²) in [7, 11) is -3.37. The van der Waals surface area contributed by atoms with Crippen LogP contribution in [0.1, 0.15) is 15.9 Å². The SMILES string of the molecule is CS(=O)(=O)c1ccc(C(=O)OCC(=O)NC(=O)NCc2ccccc2)cc1. The molecule has 0 saturated heterocycles. The molecule has 0 spiro atoms. The topological polar surface area (TPSA) is 119 Å². The van der Waals surface area contributed by atoms with Gasteiger partial charge in [0.1, 0.15) is 0 Å². The average molecular weight is 390 g/mol. The highest BCUT2D eigenvalue weighted by Crippen LogP contribution is 2.11. The number of imide groups is 1. The Bertz CT molecular complexity index is 924. The number of rotatable bonds is 6. The fourth-order valence-electron chi connectivity index (χ4n) is 2.04. The van der Waals surface area contributed by atoms with E-state index < -0.39 is 34.4 Å². The Labute approximate surface area is 156 Å². The van der Waals surface area contributed by atoms with E-state index in [1.165, 1.54) is 24.3 Å². The van der Waals surface area contributed by atoms with Gasteiger partial charge in [0.2, 0.25) is 0 Å². The van der Waals surface area contributed by atoms with Crippen LogP contribution >= 0.6 is 0 Å². The summed E-state index contributed by atoms with van der Waals surface area (Å²) in [6.07, 6.45) is 1.05. The molecule has 2 N–H and O–H groups in total. The van der Waals surface area contributed by atoms with Crippen molar-refractivity contribution >= 4 is 27.7 Å². The predicted molar refractivity (Wildman–Crippen MR) is 96.7 cm³/mol. The van der Waals surface area contributed by atoms with Gasteiger partial charge < -0.3 is 10.1 Å². The third-order valence-electron chi connectivity index (χ3n) is 3.40. The van der Waals surface area contributed by atoms with Gasteiger partial charge in [0.05, 0.1) is 10.5 Å². The summed E-state index contributed by atoms with van der Waals surface area (Å²) in [6.45, 7) is -0.405. The largest absolute Gasteiger partial charge is 0.452 e. The molecule has 142 valence electrons. The first-order chi connectivity index (χ1) is 12.8. The molecule has 0 aliphatic heterocycles. The Balaban J connectivity index is 1.77. The lowest BCUT2D eigenvalue weighted by molar-refractivity contribution is -0.123. The number of ether oxygens (including phenoxy) is 1. The summed E-state index contributed by atoms with van der Waals surface area (Å²) in [6, 6.07) is 13.5. The van der Waals surface area contributed by atoms with Crippen LogP contribution in [0, 0.1) is 0 Å². The number of esters is 1. The number of amides is 3. The lowest BCUT2D eigenvalue weighted by atomic mass is 10.2. The number of nitrogens with one attached hydrogen (secondary N) is 2. The molecule has 9 heteroatoms. The first-order valence-electron chi connectivity index (χ1n) is 7.84. The van der Waals surface area contributed by atoms with E-state index >= 15 is 0 Å². The lowest BCUT2D eigenvalue weighted by Crippen LogP contribution is -2.41. The van der Waals surface area contributed by atoms with Crippen LogP contribution in [0.5, 0.6) is 0 Å². The van der Waals surface area contributed by atoms with Crippen LogP contribution in [0.25, 0.3) is 0 Å². The first kappa shape index (κ1) is 20.1. The minimum atomic E-state index is -3.37. The first-order valence-corrected chi connectivity index (χ1v) is 9.74. The summed E-state index contributed by atoms with van der Waals surface area (Å²) in [5, 5.41) is 4.54. The predicted octanol–water partition coefficient (Wildman–Crippen LogP) is 1.27. The van der Waals surface area contributed by atoms with Crippen molar-refractivity contribution in [3.63, 3.8) is 0 Å². The highest BCUT2D eigenvalue weighted by molar-refractivity contribution is 7.90. The maximum Gasteiger partial charge on any atom is 0.338 e. The van der Waals surface area contributed by atoms with Gasteiger partial charge >= 0.3 is 12.0 Å². The van der Waals surface area contributed by atoms with Crippen molar-refractivity contribution < 1.29 is 27.5 Å². The van der Waals surface area contributed by atoms with Crippen molar-refractivity contribution in [1.82, 2.24) is 10.6 Å². The zero-order valence-electron chi connectivity index (χ0n) is 14.5. The minimum absolute atomic E-state index is 0.0619. The van der Waals surface area contributed by atoms with Crippen molar-refractivity contribution in [2.45, 2.75) is 11.4 Å². The fraction of sp³-hybridized carbons (Fsp3) is 0.167. The average Bonchev–Trinajstić information content (AvgIpc) is 2.64. The second kappa shape index (κ2) is 8.95. The molecule has 0 saturated carbocycles. The Morgan fingerprint density at radius 1 is 0.963 bits per heavy atom. The summed E-state index contributed by atoms with van der Waals surface area (Å²) in [4.78, 5) is 35.2. The van der Waals surface area contributed by atoms with Gasteiger partial charge in [-0.3, -0.25) is 10.1 Å². The summed E-state index contributed by atoms with van der Waals surface area (Å²) in [5.41, 5.74) is 0.952. The van der Waals surface area contributed by atoms with E-state index in [0.29, 0.717) is 0 Å². The van der Waals surface area contributed by atoms with Crippen LogP contribution in [0.4, 0.5) is 4.79 Å². The minimum Gasteiger partial charge on any atom is -0.452 e. The maximum absolute atomic E-state index is 11.9. The van der Waals surface area contributed by atoms with Crippen molar-refractivity contribution in [2.75, 3.05) is 12.9 Å². The second-order valence-corrected chi connectivity index (χ2v) is 7.60. The number of hydrogen-bond acceptors (Lipinski definition) is 6. The molecule has 27 heavy (non-hydrogen) atoms. The highest BCUT2D eigenvalue weighted by atomic mass is 32.2. The van der Waals surface area contributed by atoms with Crippen molar-refractivity contribution in [2.24, 2.45) is 0 Å². The number of benzene rings is 2. The van der Waals surface area contributed by atoms with Gasteiger partial charge in [-0.15, -0.1) is 0 Å². The van der Waals surface area contributed by atoms with E-state index in [1.807, 2.05) is 35.6 Å². The second-order valence-electron chi connectivity index (χ2n) is 5.59. The van der Waals surface area contributed by atoms with Gasteiger partial charge in [-0.05, 0) is 29.8 Å². The third-order valence-corrected chi connectivity index (χ3v) is 4.53. The molecule has 0 unspecified atom stereocenters. The molecule has 0 aliphatic carbocycles. The molecular weight excluding hydrogens is 372 g/mol. The molecule has 0 fully saturated rings. The van der Waals surface area contributed by atoms with Crippen LogP contribution in [-0.2, 0) is 25.9 Å². The zero-order valence-corrected chi connectivity index (χ0v) is 15.3. The molecule has 0 aromatic heterocycles. The number of sulfone groups is 1. The number of hydrogen-bond donors (Lipinski definition) is 2. The summed E-state index contributed by atoms with van der Waals surface area (Å²) in [5.74, 6) is -1.60. The van der Waals surface area contributed by atoms with E-state index in [2.05, 4.69) is 5.32 Å². The molecule has 0 atom stereocenters. The summed E-state index contributed by atoms with van der Waals surface area (Å²) >= 11 is 0. The highest BCUT2D eigenvalue weighted by Gasteiger charge is 2.14. The van der Waals surface area contributed by atoms with Gasteiger partial charge in [-0.1, -0.05) is 30.3 Å². The van der Waals surface area contributed by atoms with Crippen molar-refractivity contribution in [3.05, 3.63) is 65.7 Å². The molecule has 2 rings (SSSR count). The molecular formula is C18H18N2O6S. The molecule has 0 aliphatic rings. The number of carbonyl (C=O) groups is 3. The van der Waals surface area contributed by atoms with Crippen LogP contribution in [-0.4, -0.2) is 39.2 Å². The lowest BCUT2D eigenvalue weighted by Gasteiger charge is -2.08. The maximum atomic E-state index is 11.9. The Kier molecular flexibility index (Phi) is 6.67. The third kappa shape index (κ3) is 6.55. The Morgan fingerprint density at radius 3 is 2.19 bits per heavy atom. The van der Waals surface area contributed by atoms with Gasteiger partial charge in [0.15, 0.2) is 16.4 Å². The quantitative estimate of drug-likeness (QED) is 0.717. The van der Waals surface area contributed by atoms with Gasteiger partial charge in [0.25, 0.3) is 5.91 Å². The molecule has 8 nitrogen and oxygen atoms in total. The Morgan fingerprint density at radius 2 is 1.59 bits per heavy atom. The smallest absolute Gasteiger partial charge is 0.338 e. The summed E-state index contributed by atoms with van der Waals surface area (Å²) < 4.78 is 27.5. The van der Waals surface area contributed by atoms with Gasteiger partial charge in [-0.2, -0.15) is 0 Å². The van der Waals surface area contributed by atoms with E-state index in [1.54, 1.807) is 0 Å². The van der Waals surface area contributed by atoms with E-state index in [4.69, 9.17) is 4.74 Å². The van der Waals surface area contributed by atoms with Crippen LogP contribution in [0.3, 0.4) is 0 Å².